The fraction of sp³-hybridized carbons (Fsp3) is 0.174. The van der Waals surface area contributed by atoms with Crippen molar-refractivity contribution < 1.29 is 32.2 Å². The predicted molar refractivity (Wildman–Crippen MR) is 115 cm³/mol. The van der Waals surface area contributed by atoms with Crippen LogP contribution in [0.5, 0.6) is 17.2 Å². The maximum atomic E-state index is 13.0. The molecule has 0 spiro atoms. The van der Waals surface area contributed by atoms with Crippen molar-refractivity contribution in [3.8, 4) is 17.2 Å². The third kappa shape index (κ3) is 5.64. The van der Waals surface area contributed by atoms with Crippen LogP contribution in [-0.4, -0.2) is 20.1 Å². The normalized spacial score (nSPS) is 11.1. The Kier molecular flexibility index (Phi) is 7.15. The van der Waals surface area contributed by atoms with Crippen molar-refractivity contribution in [1.82, 2.24) is 0 Å². The summed E-state index contributed by atoms with van der Waals surface area (Å²) in [5, 5.41) is 2.41. The largest absolute Gasteiger partial charge is 0.497 e. The van der Waals surface area contributed by atoms with Gasteiger partial charge in [0.25, 0.3) is 5.91 Å². The average Bonchev–Trinajstić information content (AvgIpc) is 2.78. The van der Waals surface area contributed by atoms with Crippen LogP contribution in [0.25, 0.3) is 0 Å². The van der Waals surface area contributed by atoms with Gasteiger partial charge in [-0.1, -0.05) is 17.7 Å². The molecule has 0 aliphatic rings. The molecule has 3 rings (SSSR count). The second kappa shape index (κ2) is 9.82. The number of rotatable bonds is 7. The number of carbonyl (C=O) groups is 1. The first-order chi connectivity index (χ1) is 15.2. The Labute approximate surface area is 187 Å². The molecular formula is C23H19ClF3NO4. The van der Waals surface area contributed by atoms with Crippen molar-refractivity contribution in [1.29, 1.82) is 0 Å². The minimum Gasteiger partial charge on any atom is -0.497 e. The number of alkyl halides is 3. The number of ether oxygens (including phenoxy) is 3. The number of hydrogen-bond donors (Lipinski definition) is 1. The van der Waals surface area contributed by atoms with Gasteiger partial charge in [0.1, 0.15) is 23.9 Å². The molecule has 0 aromatic heterocycles. The second-order valence-corrected chi connectivity index (χ2v) is 7.05. The number of amides is 1. The highest BCUT2D eigenvalue weighted by Crippen LogP contribution is 2.34. The van der Waals surface area contributed by atoms with Gasteiger partial charge in [-0.05, 0) is 48.5 Å². The number of hydrogen-bond acceptors (Lipinski definition) is 4. The Morgan fingerprint density at radius 1 is 0.969 bits per heavy atom. The molecule has 168 valence electrons. The van der Waals surface area contributed by atoms with Crippen LogP contribution in [-0.2, 0) is 12.8 Å². The van der Waals surface area contributed by atoms with Gasteiger partial charge in [-0.15, -0.1) is 0 Å². The highest BCUT2D eigenvalue weighted by Gasteiger charge is 2.31. The van der Waals surface area contributed by atoms with Crippen LogP contribution in [0, 0.1) is 0 Å². The van der Waals surface area contributed by atoms with E-state index in [0.717, 1.165) is 18.2 Å². The summed E-state index contributed by atoms with van der Waals surface area (Å²) in [6.45, 7) is 0.0851. The Hall–Kier alpha value is -3.39. The van der Waals surface area contributed by atoms with Gasteiger partial charge in [-0.2, -0.15) is 13.2 Å². The van der Waals surface area contributed by atoms with Crippen molar-refractivity contribution >= 4 is 23.2 Å². The first kappa shape index (κ1) is 23.3. The highest BCUT2D eigenvalue weighted by molar-refractivity contribution is 6.34. The lowest BCUT2D eigenvalue weighted by atomic mass is 10.1. The van der Waals surface area contributed by atoms with Gasteiger partial charge in [-0.25, -0.2) is 0 Å². The standard InChI is InChI=1S/C23H19ClF3NO4/c1-30-17-4-3-5-18(12-17)32-13-15-10-14(6-9-21(15)31-2)22(29)28-20-11-16(23(25,26)27)7-8-19(20)24/h3-12H,13H2,1-2H3,(H,28,29). The van der Waals surface area contributed by atoms with Crippen molar-refractivity contribution in [3.63, 3.8) is 0 Å². The lowest BCUT2D eigenvalue weighted by molar-refractivity contribution is -0.137. The average molecular weight is 466 g/mol. The van der Waals surface area contributed by atoms with Gasteiger partial charge in [0.15, 0.2) is 0 Å². The third-order valence-electron chi connectivity index (χ3n) is 4.52. The third-order valence-corrected chi connectivity index (χ3v) is 4.85. The molecule has 3 aromatic rings. The molecule has 1 amide bonds. The highest BCUT2D eigenvalue weighted by atomic mass is 35.5. The molecule has 9 heteroatoms. The quantitative estimate of drug-likeness (QED) is 0.451. The molecule has 0 heterocycles. The number of anilines is 1. The van der Waals surface area contributed by atoms with Crippen LogP contribution >= 0.6 is 11.6 Å². The maximum Gasteiger partial charge on any atom is 0.416 e. The molecule has 0 saturated heterocycles. The van der Waals surface area contributed by atoms with E-state index < -0.39 is 17.6 Å². The molecule has 32 heavy (non-hydrogen) atoms. The lowest BCUT2D eigenvalue weighted by Gasteiger charge is -2.14. The van der Waals surface area contributed by atoms with Gasteiger partial charge in [-0.3, -0.25) is 4.79 Å². The van der Waals surface area contributed by atoms with E-state index in [0.29, 0.717) is 22.8 Å². The van der Waals surface area contributed by atoms with Crippen LogP contribution in [0.4, 0.5) is 18.9 Å². The second-order valence-electron chi connectivity index (χ2n) is 6.64. The zero-order chi connectivity index (χ0) is 23.3. The maximum absolute atomic E-state index is 13.0. The van der Waals surface area contributed by atoms with Gasteiger partial charge < -0.3 is 19.5 Å². The van der Waals surface area contributed by atoms with Crippen molar-refractivity contribution in [2.75, 3.05) is 19.5 Å². The van der Waals surface area contributed by atoms with Crippen LogP contribution in [0.3, 0.4) is 0 Å². The Balaban J connectivity index is 1.80. The summed E-state index contributed by atoms with van der Waals surface area (Å²) >= 11 is 5.97. The summed E-state index contributed by atoms with van der Waals surface area (Å²) < 4.78 is 55.2. The number of methoxy groups -OCH3 is 2. The molecule has 5 nitrogen and oxygen atoms in total. The summed E-state index contributed by atoms with van der Waals surface area (Å²) in [5.74, 6) is 1.04. The van der Waals surface area contributed by atoms with Crippen molar-refractivity contribution in [3.05, 3.63) is 82.4 Å². The van der Waals surface area contributed by atoms with E-state index in [1.165, 1.54) is 19.2 Å². The van der Waals surface area contributed by atoms with Crippen LogP contribution < -0.4 is 19.5 Å². The topological polar surface area (TPSA) is 56.8 Å². The van der Waals surface area contributed by atoms with E-state index in [2.05, 4.69) is 5.32 Å². The first-order valence-corrected chi connectivity index (χ1v) is 9.71. The molecule has 3 aromatic carbocycles. The first-order valence-electron chi connectivity index (χ1n) is 9.33. The van der Waals surface area contributed by atoms with Crippen molar-refractivity contribution in [2.24, 2.45) is 0 Å². The van der Waals surface area contributed by atoms with E-state index in [9.17, 15) is 18.0 Å². The molecule has 1 N–H and O–H groups in total. The zero-order valence-corrected chi connectivity index (χ0v) is 17.9. The number of benzene rings is 3. The van der Waals surface area contributed by atoms with E-state index >= 15 is 0 Å². The smallest absolute Gasteiger partial charge is 0.416 e. The lowest BCUT2D eigenvalue weighted by Crippen LogP contribution is -2.14. The fourth-order valence-electron chi connectivity index (χ4n) is 2.88. The molecule has 0 saturated carbocycles. The van der Waals surface area contributed by atoms with E-state index in [1.54, 1.807) is 37.4 Å². The summed E-state index contributed by atoms with van der Waals surface area (Å²) in [6, 6.07) is 14.3. The summed E-state index contributed by atoms with van der Waals surface area (Å²) in [4.78, 5) is 12.7. The van der Waals surface area contributed by atoms with Crippen LogP contribution in [0.2, 0.25) is 5.02 Å². The molecule has 0 atom stereocenters. The molecular weight excluding hydrogens is 447 g/mol. The molecule has 0 radical (unpaired) electrons. The van der Waals surface area contributed by atoms with Crippen molar-refractivity contribution in [2.45, 2.75) is 12.8 Å². The Morgan fingerprint density at radius 2 is 1.72 bits per heavy atom. The summed E-state index contributed by atoms with van der Waals surface area (Å²) in [5.41, 5.74) is -0.294. The SMILES string of the molecule is COc1cccc(OCc2cc(C(=O)Nc3cc(C(F)(F)F)ccc3Cl)ccc2OC)c1. The minimum atomic E-state index is -4.56. The number of carbonyl (C=O) groups excluding carboxylic acids is 1. The fourth-order valence-corrected chi connectivity index (χ4v) is 3.04. The summed E-state index contributed by atoms with van der Waals surface area (Å²) in [6.07, 6.45) is -4.56. The van der Waals surface area contributed by atoms with Crippen LogP contribution in [0.15, 0.2) is 60.7 Å². The Bertz CT molecular complexity index is 1120. The zero-order valence-electron chi connectivity index (χ0n) is 17.1. The van der Waals surface area contributed by atoms with Gasteiger partial charge in [0.2, 0.25) is 0 Å². The van der Waals surface area contributed by atoms with Gasteiger partial charge in [0, 0.05) is 17.2 Å². The molecule has 0 fully saturated rings. The van der Waals surface area contributed by atoms with E-state index in [-0.39, 0.29) is 22.9 Å². The molecule has 0 bridgehead atoms. The molecule has 0 unspecified atom stereocenters. The van der Waals surface area contributed by atoms with E-state index in [1.807, 2.05) is 0 Å². The molecule has 0 aliphatic heterocycles. The predicted octanol–water partition coefficient (Wildman–Crippen LogP) is 6.21. The molecule has 0 aliphatic carbocycles. The number of halogens is 4. The number of nitrogens with one attached hydrogen (secondary N) is 1. The summed E-state index contributed by atoms with van der Waals surface area (Å²) in [7, 11) is 3.02. The monoisotopic (exact) mass is 465 g/mol. The Morgan fingerprint density at radius 3 is 2.41 bits per heavy atom. The van der Waals surface area contributed by atoms with Gasteiger partial charge in [0.05, 0.1) is 30.5 Å². The van der Waals surface area contributed by atoms with E-state index in [4.69, 9.17) is 25.8 Å². The van der Waals surface area contributed by atoms with Crippen LogP contribution in [0.1, 0.15) is 21.5 Å². The minimum absolute atomic E-state index is 0.0126. The van der Waals surface area contributed by atoms with Gasteiger partial charge >= 0.3 is 6.18 Å².